The van der Waals surface area contributed by atoms with Crippen molar-refractivity contribution in [3.8, 4) is 0 Å². The number of oxazole rings is 1. The van der Waals surface area contributed by atoms with Gasteiger partial charge in [-0.25, -0.2) is 9.97 Å². The predicted molar refractivity (Wildman–Crippen MR) is 82.9 cm³/mol. The molecule has 0 unspecified atom stereocenters. The van der Waals surface area contributed by atoms with Crippen molar-refractivity contribution in [2.45, 2.75) is 18.8 Å². The molecule has 1 atom stereocenters. The zero-order chi connectivity index (χ0) is 15.8. The fourth-order valence-electron chi connectivity index (χ4n) is 3.14. The molecular weight excluding hydrogens is 294 g/mol. The Morgan fingerprint density at radius 1 is 1.35 bits per heavy atom. The summed E-state index contributed by atoms with van der Waals surface area (Å²) < 4.78 is 6.90. The normalized spacial score (nSPS) is 18.5. The number of hydrogen-bond donors (Lipinski definition) is 0. The van der Waals surface area contributed by atoms with Gasteiger partial charge >= 0.3 is 0 Å². The molecule has 0 saturated carbocycles. The third-order valence-electron chi connectivity index (χ3n) is 4.37. The molecule has 1 amide bonds. The number of aromatic nitrogens is 4. The Balaban J connectivity index is 1.58. The lowest BCUT2D eigenvalue weighted by Gasteiger charge is -2.31. The fraction of sp³-hybridized carbons (Fsp3) is 0.375. The molecule has 0 N–H and O–H groups in total. The van der Waals surface area contributed by atoms with E-state index in [1.54, 1.807) is 4.68 Å². The summed E-state index contributed by atoms with van der Waals surface area (Å²) in [5.41, 5.74) is 1.89. The third kappa shape index (κ3) is 2.48. The average Bonchev–Trinajstić information content (AvgIpc) is 3.25. The van der Waals surface area contributed by atoms with Crippen LogP contribution in [0.1, 0.15) is 35.0 Å². The second-order valence-electron chi connectivity index (χ2n) is 5.87. The number of rotatable bonds is 2. The largest absolute Gasteiger partial charge is 0.438 e. The number of nitrogens with zero attached hydrogens (tertiary/aromatic N) is 5. The van der Waals surface area contributed by atoms with E-state index in [0.29, 0.717) is 12.3 Å². The lowest BCUT2D eigenvalue weighted by Crippen LogP contribution is -2.39. The highest BCUT2D eigenvalue weighted by Crippen LogP contribution is 2.27. The third-order valence-corrected chi connectivity index (χ3v) is 4.37. The summed E-state index contributed by atoms with van der Waals surface area (Å²) in [6, 6.07) is 4.08. The quantitative estimate of drug-likeness (QED) is 0.723. The molecule has 23 heavy (non-hydrogen) atoms. The summed E-state index contributed by atoms with van der Waals surface area (Å²) in [6.07, 6.45) is 6.54. The average molecular weight is 311 g/mol. The number of piperidine rings is 1. The number of amides is 1. The highest BCUT2D eigenvalue weighted by atomic mass is 16.3. The minimum atomic E-state index is -0.103. The van der Waals surface area contributed by atoms with Crippen molar-refractivity contribution in [1.82, 2.24) is 24.6 Å². The second kappa shape index (κ2) is 5.49. The number of hydrogen-bond acceptors (Lipinski definition) is 5. The van der Waals surface area contributed by atoms with Crippen molar-refractivity contribution in [3.05, 3.63) is 42.4 Å². The van der Waals surface area contributed by atoms with Gasteiger partial charge in [0.1, 0.15) is 0 Å². The SMILES string of the molecule is Cn1ncc2ccc([C@H]3CCCN(C(=O)c4cnco4)C3)nc21. The topological polar surface area (TPSA) is 77.0 Å². The number of aryl methyl sites for hydroxylation is 1. The zero-order valence-corrected chi connectivity index (χ0v) is 12.8. The smallest absolute Gasteiger partial charge is 0.291 e. The van der Waals surface area contributed by atoms with E-state index < -0.39 is 0 Å². The van der Waals surface area contributed by atoms with Gasteiger partial charge in [-0.3, -0.25) is 9.48 Å². The molecule has 4 rings (SSSR count). The first kappa shape index (κ1) is 13.9. The Morgan fingerprint density at radius 2 is 2.26 bits per heavy atom. The number of pyridine rings is 1. The highest BCUT2D eigenvalue weighted by molar-refractivity contribution is 5.91. The summed E-state index contributed by atoms with van der Waals surface area (Å²) in [5, 5.41) is 5.26. The molecule has 1 saturated heterocycles. The fourth-order valence-corrected chi connectivity index (χ4v) is 3.14. The van der Waals surface area contributed by atoms with Crippen LogP contribution in [-0.2, 0) is 7.05 Å². The molecule has 3 aromatic heterocycles. The van der Waals surface area contributed by atoms with E-state index in [9.17, 15) is 4.79 Å². The van der Waals surface area contributed by atoms with Gasteiger partial charge in [0.25, 0.3) is 5.91 Å². The second-order valence-corrected chi connectivity index (χ2v) is 5.87. The number of carbonyl (C=O) groups excluding carboxylic acids is 1. The molecule has 0 radical (unpaired) electrons. The molecule has 7 heteroatoms. The van der Waals surface area contributed by atoms with E-state index in [4.69, 9.17) is 9.40 Å². The van der Waals surface area contributed by atoms with Crippen molar-refractivity contribution >= 4 is 16.9 Å². The monoisotopic (exact) mass is 311 g/mol. The Labute approximate surface area is 132 Å². The molecule has 0 bridgehead atoms. The van der Waals surface area contributed by atoms with Crippen LogP contribution in [0.2, 0.25) is 0 Å². The van der Waals surface area contributed by atoms with Crippen LogP contribution in [0.4, 0.5) is 0 Å². The number of carbonyl (C=O) groups is 1. The van der Waals surface area contributed by atoms with Gasteiger partial charge in [0.05, 0.1) is 12.4 Å². The van der Waals surface area contributed by atoms with Gasteiger partial charge in [0.2, 0.25) is 5.76 Å². The van der Waals surface area contributed by atoms with Crippen LogP contribution < -0.4 is 0 Å². The van der Waals surface area contributed by atoms with Crippen LogP contribution in [0.5, 0.6) is 0 Å². The minimum Gasteiger partial charge on any atom is -0.438 e. The van der Waals surface area contributed by atoms with E-state index >= 15 is 0 Å². The Hall–Kier alpha value is -2.70. The van der Waals surface area contributed by atoms with Gasteiger partial charge in [-0.1, -0.05) is 0 Å². The first-order valence-electron chi connectivity index (χ1n) is 7.69. The standard InChI is InChI=1S/C16H17N5O2/c1-20-15-11(7-18-20)4-5-13(19-15)12-3-2-6-21(9-12)16(22)14-8-17-10-23-14/h4-5,7-8,10,12H,2-3,6,9H2,1H3/t12-/m0/s1. The van der Waals surface area contributed by atoms with Crippen LogP contribution in [0.15, 0.2) is 35.3 Å². The van der Waals surface area contributed by atoms with E-state index in [2.05, 4.69) is 10.1 Å². The minimum absolute atomic E-state index is 0.103. The van der Waals surface area contributed by atoms with E-state index in [1.807, 2.05) is 30.3 Å². The molecule has 1 aliphatic rings. The maximum absolute atomic E-state index is 12.4. The number of likely N-dealkylation sites (tertiary alicyclic amines) is 1. The number of fused-ring (bicyclic) bond motifs is 1. The Bertz CT molecular complexity index is 839. The molecule has 0 aromatic carbocycles. The molecule has 4 heterocycles. The molecule has 3 aromatic rings. The van der Waals surface area contributed by atoms with Crippen molar-refractivity contribution in [2.75, 3.05) is 13.1 Å². The van der Waals surface area contributed by atoms with Crippen molar-refractivity contribution in [3.63, 3.8) is 0 Å². The molecule has 7 nitrogen and oxygen atoms in total. The van der Waals surface area contributed by atoms with Crippen molar-refractivity contribution < 1.29 is 9.21 Å². The summed E-state index contributed by atoms with van der Waals surface area (Å²) in [5.74, 6) is 0.421. The molecule has 1 fully saturated rings. The first-order chi connectivity index (χ1) is 11.2. The Kier molecular flexibility index (Phi) is 3.33. The summed E-state index contributed by atoms with van der Waals surface area (Å²) in [7, 11) is 1.89. The van der Waals surface area contributed by atoms with Crippen LogP contribution in [0.3, 0.4) is 0 Å². The van der Waals surface area contributed by atoms with Crippen LogP contribution >= 0.6 is 0 Å². The molecule has 1 aliphatic heterocycles. The van der Waals surface area contributed by atoms with Crippen molar-refractivity contribution in [1.29, 1.82) is 0 Å². The van der Waals surface area contributed by atoms with Gasteiger partial charge in [0, 0.05) is 37.1 Å². The lowest BCUT2D eigenvalue weighted by atomic mass is 9.94. The van der Waals surface area contributed by atoms with Gasteiger partial charge < -0.3 is 9.32 Å². The van der Waals surface area contributed by atoms with Crippen molar-refractivity contribution in [2.24, 2.45) is 7.05 Å². The van der Waals surface area contributed by atoms with Crippen LogP contribution in [0, 0.1) is 0 Å². The van der Waals surface area contributed by atoms with E-state index in [1.165, 1.54) is 12.6 Å². The van der Waals surface area contributed by atoms with Crippen LogP contribution in [0.25, 0.3) is 11.0 Å². The van der Waals surface area contributed by atoms with Gasteiger partial charge in [0.15, 0.2) is 12.0 Å². The summed E-state index contributed by atoms with van der Waals surface area (Å²) >= 11 is 0. The summed E-state index contributed by atoms with van der Waals surface area (Å²) in [4.78, 5) is 22.8. The van der Waals surface area contributed by atoms with Gasteiger partial charge in [-0.05, 0) is 25.0 Å². The molecular formula is C16H17N5O2. The van der Waals surface area contributed by atoms with Gasteiger partial charge in [-0.2, -0.15) is 5.10 Å². The molecule has 118 valence electrons. The zero-order valence-electron chi connectivity index (χ0n) is 12.8. The summed E-state index contributed by atoms with van der Waals surface area (Å²) in [6.45, 7) is 1.39. The molecule has 0 aliphatic carbocycles. The molecule has 0 spiro atoms. The van der Waals surface area contributed by atoms with E-state index in [-0.39, 0.29) is 11.8 Å². The predicted octanol–water partition coefficient (Wildman–Crippen LogP) is 1.98. The van der Waals surface area contributed by atoms with E-state index in [0.717, 1.165) is 36.1 Å². The maximum Gasteiger partial charge on any atom is 0.291 e. The first-order valence-corrected chi connectivity index (χ1v) is 7.69. The lowest BCUT2D eigenvalue weighted by molar-refractivity contribution is 0.0674. The Morgan fingerprint density at radius 3 is 3.09 bits per heavy atom. The maximum atomic E-state index is 12.4. The van der Waals surface area contributed by atoms with Crippen LogP contribution in [-0.4, -0.2) is 43.6 Å². The van der Waals surface area contributed by atoms with Gasteiger partial charge in [-0.15, -0.1) is 0 Å². The highest BCUT2D eigenvalue weighted by Gasteiger charge is 2.28.